The van der Waals surface area contributed by atoms with E-state index in [1.165, 1.54) is 0 Å². The SMILES string of the molecule is CCS(=O)(=O)N1CCC(NCc2cn[nH]c2-c2ccccc2)CC1. The van der Waals surface area contributed by atoms with E-state index in [-0.39, 0.29) is 5.75 Å². The summed E-state index contributed by atoms with van der Waals surface area (Å²) in [7, 11) is -3.06. The Bertz CT molecular complexity index is 750. The second kappa shape index (κ2) is 7.46. The quantitative estimate of drug-likeness (QED) is 0.837. The van der Waals surface area contributed by atoms with E-state index in [0.29, 0.717) is 19.1 Å². The Balaban J connectivity index is 1.56. The molecule has 1 aromatic heterocycles. The zero-order valence-corrected chi connectivity index (χ0v) is 14.7. The van der Waals surface area contributed by atoms with Crippen LogP contribution in [0.5, 0.6) is 0 Å². The molecule has 0 atom stereocenters. The average Bonchev–Trinajstić information content (AvgIpc) is 3.09. The van der Waals surface area contributed by atoms with Gasteiger partial charge in [-0.05, 0) is 25.3 Å². The fourth-order valence-electron chi connectivity index (χ4n) is 3.07. The highest BCUT2D eigenvalue weighted by Gasteiger charge is 2.26. The Kier molecular flexibility index (Phi) is 5.33. The third-order valence-electron chi connectivity index (χ3n) is 4.57. The van der Waals surface area contributed by atoms with Crippen molar-refractivity contribution in [3.8, 4) is 11.3 Å². The van der Waals surface area contributed by atoms with Crippen molar-refractivity contribution in [3.63, 3.8) is 0 Å². The monoisotopic (exact) mass is 348 g/mol. The van der Waals surface area contributed by atoms with Crippen LogP contribution in [0.1, 0.15) is 25.3 Å². The summed E-state index contributed by atoms with van der Waals surface area (Å²) in [6.07, 6.45) is 3.54. The summed E-state index contributed by atoms with van der Waals surface area (Å²) in [5.41, 5.74) is 3.29. The molecule has 0 bridgehead atoms. The van der Waals surface area contributed by atoms with Gasteiger partial charge in [-0.25, -0.2) is 12.7 Å². The molecule has 3 rings (SSSR count). The number of H-pyrrole nitrogens is 1. The minimum Gasteiger partial charge on any atom is -0.310 e. The summed E-state index contributed by atoms with van der Waals surface area (Å²) >= 11 is 0. The molecule has 1 fully saturated rings. The largest absolute Gasteiger partial charge is 0.310 e. The van der Waals surface area contributed by atoms with Crippen molar-refractivity contribution in [1.29, 1.82) is 0 Å². The van der Waals surface area contributed by atoms with Gasteiger partial charge in [-0.15, -0.1) is 0 Å². The maximum Gasteiger partial charge on any atom is 0.213 e. The third-order valence-corrected chi connectivity index (χ3v) is 6.46. The Morgan fingerprint density at radius 3 is 2.62 bits per heavy atom. The van der Waals surface area contributed by atoms with E-state index in [1.54, 1.807) is 11.2 Å². The van der Waals surface area contributed by atoms with E-state index in [2.05, 4.69) is 27.6 Å². The van der Waals surface area contributed by atoms with Gasteiger partial charge < -0.3 is 5.32 Å². The highest BCUT2D eigenvalue weighted by Crippen LogP contribution is 2.21. The first-order valence-electron chi connectivity index (χ1n) is 8.39. The summed E-state index contributed by atoms with van der Waals surface area (Å²) in [5, 5.41) is 10.8. The summed E-state index contributed by atoms with van der Waals surface area (Å²) in [5.74, 6) is 0.181. The normalized spacial score (nSPS) is 17.2. The fraction of sp³-hybridized carbons (Fsp3) is 0.471. The van der Waals surface area contributed by atoms with Gasteiger partial charge in [0.25, 0.3) is 0 Å². The molecule has 2 aromatic rings. The first-order chi connectivity index (χ1) is 11.6. The zero-order valence-electron chi connectivity index (χ0n) is 13.9. The average molecular weight is 348 g/mol. The number of aromatic nitrogens is 2. The third kappa shape index (κ3) is 3.85. The molecule has 1 saturated heterocycles. The highest BCUT2D eigenvalue weighted by molar-refractivity contribution is 7.89. The van der Waals surface area contributed by atoms with Crippen LogP contribution in [-0.2, 0) is 16.6 Å². The van der Waals surface area contributed by atoms with Gasteiger partial charge in [-0.2, -0.15) is 5.10 Å². The van der Waals surface area contributed by atoms with Crippen molar-refractivity contribution < 1.29 is 8.42 Å². The molecule has 130 valence electrons. The first kappa shape index (κ1) is 17.1. The summed E-state index contributed by atoms with van der Waals surface area (Å²) in [6.45, 7) is 3.63. The van der Waals surface area contributed by atoms with Crippen molar-refractivity contribution in [2.75, 3.05) is 18.8 Å². The predicted molar refractivity (Wildman–Crippen MR) is 94.9 cm³/mol. The van der Waals surface area contributed by atoms with E-state index >= 15 is 0 Å². The maximum atomic E-state index is 11.9. The van der Waals surface area contributed by atoms with Gasteiger partial charge in [-0.1, -0.05) is 30.3 Å². The fourth-order valence-corrected chi connectivity index (χ4v) is 4.21. The number of nitrogens with zero attached hydrogens (tertiary/aromatic N) is 2. The molecular weight excluding hydrogens is 324 g/mol. The Morgan fingerprint density at radius 2 is 1.96 bits per heavy atom. The molecule has 6 nitrogen and oxygen atoms in total. The molecule has 0 aliphatic carbocycles. The minimum absolute atomic E-state index is 0.181. The lowest BCUT2D eigenvalue weighted by Crippen LogP contribution is -2.45. The van der Waals surface area contributed by atoms with E-state index < -0.39 is 10.0 Å². The van der Waals surface area contributed by atoms with Crippen LogP contribution < -0.4 is 5.32 Å². The van der Waals surface area contributed by atoms with Crippen LogP contribution in [0.4, 0.5) is 0 Å². The van der Waals surface area contributed by atoms with Gasteiger partial charge in [0, 0.05) is 31.2 Å². The molecule has 1 aromatic carbocycles. The van der Waals surface area contributed by atoms with Crippen LogP contribution in [0.25, 0.3) is 11.3 Å². The molecule has 2 N–H and O–H groups in total. The maximum absolute atomic E-state index is 11.9. The second-order valence-corrected chi connectivity index (χ2v) is 8.35. The lowest BCUT2D eigenvalue weighted by molar-refractivity contribution is 0.289. The van der Waals surface area contributed by atoms with Gasteiger partial charge in [0.05, 0.1) is 17.6 Å². The number of benzene rings is 1. The topological polar surface area (TPSA) is 78.1 Å². The first-order valence-corrected chi connectivity index (χ1v) is 10.00. The molecular formula is C17H24N4O2S. The van der Waals surface area contributed by atoms with Gasteiger partial charge in [0.1, 0.15) is 0 Å². The van der Waals surface area contributed by atoms with Crippen molar-refractivity contribution >= 4 is 10.0 Å². The lowest BCUT2D eigenvalue weighted by atomic mass is 10.1. The van der Waals surface area contributed by atoms with E-state index in [1.807, 2.05) is 24.4 Å². The molecule has 24 heavy (non-hydrogen) atoms. The molecule has 7 heteroatoms. The minimum atomic E-state index is -3.06. The number of rotatable bonds is 6. The summed E-state index contributed by atoms with van der Waals surface area (Å²) in [4.78, 5) is 0. The molecule has 0 amide bonds. The highest BCUT2D eigenvalue weighted by atomic mass is 32.2. The molecule has 2 heterocycles. The molecule has 0 unspecified atom stereocenters. The van der Waals surface area contributed by atoms with Crippen molar-refractivity contribution in [2.45, 2.75) is 32.4 Å². The van der Waals surface area contributed by atoms with Gasteiger partial charge in [0.15, 0.2) is 0 Å². The molecule has 0 radical (unpaired) electrons. The van der Waals surface area contributed by atoms with Crippen LogP contribution in [0, 0.1) is 0 Å². The van der Waals surface area contributed by atoms with Crippen LogP contribution in [0.15, 0.2) is 36.5 Å². The van der Waals surface area contributed by atoms with Crippen molar-refractivity contribution in [2.24, 2.45) is 0 Å². The van der Waals surface area contributed by atoms with Gasteiger partial charge in [-0.3, -0.25) is 5.10 Å². The number of hydrogen-bond donors (Lipinski definition) is 2. The number of hydrogen-bond acceptors (Lipinski definition) is 4. The smallest absolute Gasteiger partial charge is 0.213 e. The second-order valence-electron chi connectivity index (χ2n) is 6.09. The number of aromatic amines is 1. The summed E-state index contributed by atoms with van der Waals surface area (Å²) < 4.78 is 25.4. The molecule has 1 aliphatic rings. The number of piperidine rings is 1. The van der Waals surface area contributed by atoms with Crippen LogP contribution in [-0.4, -0.2) is 47.8 Å². The van der Waals surface area contributed by atoms with Crippen molar-refractivity contribution in [1.82, 2.24) is 19.8 Å². The van der Waals surface area contributed by atoms with Gasteiger partial charge >= 0.3 is 0 Å². The number of sulfonamides is 1. The Hall–Kier alpha value is -1.70. The van der Waals surface area contributed by atoms with E-state index in [4.69, 9.17) is 0 Å². The van der Waals surface area contributed by atoms with Crippen LogP contribution in [0.2, 0.25) is 0 Å². The van der Waals surface area contributed by atoms with Crippen LogP contribution in [0.3, 0.4) is 0 Å². The van der Waals surface area contributed by atoms with E-state index in [9.17, 15) is 8.42 Å². The Morgan fingerprint density at radius 1 is 1.25 bits per heavy atom. The Labute approximate surface area is 143 Å². The molecule has 1 aliphatic heterocycles. The van der Waals surface area contributed by atoms with Crippen molar-refractivity contribution in [3.05, 3.63) is 42.1 Å². The standard InChI is InChI=1S/C17H24N4O2S/c1-2-24(22,23)21-10-8-16(9-11-21)18-12-15-13-19-20-17(15)14-6-4-3-5-7-14/h3-7,13,16,18H,2,8-12H2,1H3,(H,19,20). The lowest BCUT2D eigenvalue weighted by Gasteiger charge is -2.31. The molecule has 0 saturated carbocycles. The number of nitrogens with one attached hydrogen (secondary N) is 2. The van der Waals surface area contributed by atoms with E-state index in [0.717, 1.165) is 36.2 Å². The van der Waals surface area contributed by atoms with Gasteiger partial charge in [0.2, 0.25) is 10.0 Å². The molecule has 0 spiro atoms. The summed E-state index contributed by atoms with van der Waals surface area (Å²) in [6, 6.07) is 10.5. The predicted octanol–water partition coefficient (Wildman–Crippen LogP) is 1.98. The zero-order chi connectivity index (χ0) is 17.0. The van der Waals surface area contributed by atoms with Crippen LogP contribution >= 0.6 is 0 Å².